The fourth-order valence-corrected chi connectivity index (χ4v) is 3.72. The van der Waals surface area contributed by atoms with Crippen LogP contribution in [0, 0.1) is 25.7 Å². The maximum absolute atomic E-state index is 12.3. The number of ether oxygens (including phenoxy) is 1. The predicted molar refractivity (Wildman–Crippen MR) is 94.9 cm³/mol. The van der Waals surface area contributed by atoms with Crippen LogP contribution in [0.5, 0.6) is 0 Å². The van der Waals surface area contributed by atoms with E-state index in [1.807, 2.05) is 18.5 Å². The van der Waals surface area contributed by atoms with Gasteiger partial charge in [-0.15, -0.1) is 0 Å². The van der Waals surface area contributed by atoms with Crippen molar-refractivity contribution in [1.29, 1.82) is 0 Å². The molecule has 2 amide bonds. The van der Waals surface area contributed by atoms with Crippen molar-refractivity contribution in [1.82, 2.24) is 20.4 Å². The number of rotatable bonds is 6. The minimum Gasteiger partial charge on any atom is -0.383 e. The summed E-state index contributed by atoms with van der Waals surface area (Å²) >= 11 is 0. The van der Waals surface area contributed by atoms with E-state index in [0.717, 1.165) is 23.5 Å². The van der Waals surface area contributed by atoms with Crippen molar-refractivity contribution < 1.29 is 9.53 Å². The number of carbonyl (C=O) groups is 1. The summed E-state index contributed by atoms with van der Waals surface area (Å²) in [5.74, 6) is 1.08. The maximum Gasteiger partial charge on any atom is 0.315 e. The second kappa shape index (κ2) is 8.51. The van der Waals surface area contributed by atoms with E-state index in [9.17, 15) is 4.79 Å². The average Bonchev–Trinajstić information content (AvgIpc) is 2.81. The molecule has 1 aromatic heterocycles. The van der Waals surface area contributed by atoms with Gasteiger partial charge >= 0.3 is 6.03 Å². The Morgan fingerprint density at radius 1 is 1.29 bits per heavy atom. The van der Waals surface area contributed by atoms with Gasteiger partial charge in [-0.05, 0) is 38.5 Å². The van der Waals surface area contributed by atoms with Crippen LogP contribution in [0.4, 0.5) is 4.79 Å². The highest BCUT2D eigenvalue weighted by atomic mass is 16.5. The minimum atomic E-state index is -0.0796. The SMILES string of the molecule is COCCn1nc(C)c(CNC(=O)NC2[C@H](C)CCC[C@@H]2C)c1C. The highest BCUT2D eigenvalue weighted by molar-refractivity contribution is 5.74. The first-order valence-electron chi connectivity index (χ1n) is 9.00. The van der Waals surface area contributed by atoms with Gasteiger partial charge in [0.15, 0.2) is 0 Å². The molecular weight excluding hydrogens is 304 g/mol. The van der Waals surface area contributed by atoms with E-state index in [2.05, 4.69) is 29.6 Å². The molecule has 1 heterocycles. The maximum atomic E-state index is 12.3. The third-order valence-electron chi connectivity index (χ3n) is 5.31. The zero-order chi connectivity index (χ0) is 17.7. The minimum absolute atomic E-state index is 0.0796. The molecule has 6 nitrogen and oxygen atoms in total. The molecule has 1 unspecified atom stereocenters. The van der Waals surface area contributed by atoms with Crippen LogP contribution in [0.3, 0.4) is 0 Å². The van der Waals surface area contributed by atoms with Crippen molar-refractivity contribution in [3.63, 3.8) is 0 Å². The average molecular weight is 336 g/mol. The lowest BCUT2D eigenvalue weighted by Crippen LogP contribution is -2.49. The number of carbonyl (C=O) groups excluding carboxylic acids is 1. The van der Waals surface area contributed by atoms with E-state index in [1.54, 1.807) is 7.11 Å². The summed E-state index contributed by atoms with van der Waals surface area (Å²) in [4.78, 5) is 12.3. The van der Waals surface area contributed by atoms with Crippen LogP contribution in [-0.2, 0) is 17.8 Å². The van der Waals surface area contributed by atoms with Crippen molar-refractivity contribution in [3.8, 4) is 0 Å². The van der Waals surface area contributed by atoms with E-state index < -0.39 is 0 Å². The Balaban J connectivity index is 1.90. The quantitative estimate of drug-likeness (QED) is 0.839. The van der Waals surface area contributed by atoms with Gasteiger partial charge in [0.1, 0.15) is 0 Å². The van der Waals surface area contributed by atoms with E-state index in [1.165, 1.54) is 19.3 Å². The molecule has 1 fully saturated rings. The van der Waals surface area contributed by atoms with Crippen LogP contribution >= 0.6 is 0 Å². The molecule has 0 spiro atoms. The lowest BCUT2D eigenvalue weighted by atomic mass is 9.79. The van der Waals surface area contributed by atoms with Gasteiger partial charge < -0.3 is 15.4 Å². The molecule has 6 heteroatoms. The standard InChI is InChI=1S/C18H32N4O2/c1-12-7-6-8-13(2)17(12)20-18(23)19-11-16-14(3)21-22(15(16)4)9-10-24-5/h12-13,17H,6-11H2,1-5H3,(H2,19,20,23)/t12-,13+,17?. The molecule has 1 aliphatic carbocycles. The Labute approximate surface area is 145 Å². The highest BCUT2D eigenvalue weighted by Crippen LogP contribution is 2.28. The molecule has 2 N–H and O–H groups in total. The Morgan fingerprint density at radius 2 is 1.96 bits per heavy atom. The van der Waals surface area contributed by atoms with Gasteiger partial charge in [0.25, 0.3) is 0 Å². The Hall–Kier alpha value is -1.56. The normalized spacial score (nSPS) is 24.0. The topological polar surface area (TPSA) is 68.2 Å². The van der Waals surface area contributed by atoms with Gasteiger partial charge in [-0.25, -0.2) is 4.79 Å². The first-order valence-corrected chi connectivity index (χ1v) is 9.00. The zero-order valence-electron chi connectivity index (χ0n) is 15.7. The van der Waals surface area contributed by atoms with Crippen LogP contribution in [0.15, 0.2) is 0 Å². The summed E-state index contributed by atoms with van der Waals surface area (Å²) in [5.41, 5.74) is 3.14. The summed E-state index contributed by atoms with van der Waals surface area (Å²) < 4.78 is 7.06. The molecule has 24 heavy (non-hydrogen) atoms. The van der Waals surface area contributed by atoms with Crippen LogP contribution in [0.25, 0.3) is 0 Å². The first kappa shape index (κ1) is 18.8. The second-order valence-corrected chi connectivity index (χ2v) is 7.10. The number of methoxy groups -OCH3 is 1. The molecule has 0 aromatic carbocycles. The first-order chi connectivity index (χ1) is 11.4. The molecule has 1 aliphatic rings. The Bertz CT molecular complexity index is 545. The molecular formula is C18H32N4O2. The lowest BCUT2D eigenvalue weighted by Gasteiger charge is -2.35. The fraction of sp³-hybridized carbons (Fsp3) is 0.778. The largest absolute Gasteiger partial charge is 0.383 e. The molecule has 136 valence electrons. The summed E-state index contributed by atoms with van der Waals surface area (Å²) in [7, 11) is 1.69. The summed E-state index contributed by atoms with van der Waals surface area (Å²) in [6, 6.07) is 0.189. The van der Waals surface area contributed by atoms with Crippen LogP contribution < -0.4 is 10.6 Å². The van der Waals surface area contributed by atoms with Crippen molar-refractivity contribution in [2.75, 3.05) is 13.7 Å². The Morgan fingerprint density at radius 3 is 2.58 bits per heavy atom. The van der Waals surface area contributed by atoms with Crippen molar-refractivity contribution in [2.45, 2.75) is 66.1 Å². The summed E-state index contributed by atoms with van der Waals surface area (Å²) in [6.07, 6.45) is 3.65. The third-order valence-corrected chi connectivity index (χ3v) is 5.31. The molecule has 3 atom stereocenters. The van der Waals surface area contributed by atoms with Gasteiger partial charge in [-0.1, -0.05) is 20.3 Å². The van der Waals surface area contributed by atoms with Gasteiger partial charge in [-0.3, -0.25) is 4.68 Å². The molecule has 2 rings (SSSR count). The van der Waals surface area contributed by atoms with Crippen LogP contribution in [0.1, 0.15) is 50.1 Å². The molecule has 0 aliphatic heterocycles. The number of aryl methyl sites for hydroxylation is 1. The lowest BCUT2D eigenvalue weighted by molar-refractivity contribution is 0.182. The predicted octanol–water partition coefficient (Wildman–Crippen LogP) is 2.77. The van der Waals surface area contributed by atoms with Crippen molar-refractivity contribution in [2.24, 2.45) is 11.8 Å². The number of hydrogen-bond acceptors (Lipinski definition) is 3. The van der Waals surface area contributed by atoms with E-state index in [0.29, 0.717) is 25.0 Å². The van der Waals surface area contributed by atoms with Crippen LogP contribution in [-0.4, -0.2) is 35.6 Å². The number of aromatic nitrogens is 2. The smallest absolute Gasteiger partial charge is 0.315 e. The molecule has 1 saturated carbocycles. The monoisotopic (exact) mass is 336 g/mol. The summed E-state index contributed by atoms with van der Waals surface area (Å²) in [5, 5.41) is 10.7. The summed E-state index contributed by atoms with van der Waals surface area (Å²) in [6.45, 7) is 10.3. The Kier molecular flexibility index (Phi) is 6.66. The fourth-order valence-electron chi connectivity index (χ4n) is 3.72. The molecule has 1 aromatic rings. The van der Waals surface area contributed by atoms with Gasteiger partial charge in [0, 0.05) is 31.0 Å². The number of amides is 2. The van der Waals surface area contributed by atoms with Gasteiger partial charge in [-0.2, -0.15) is 5.10 Å². The van der Waals surface area contributed by atoms with Crippen LogP contribution in [0.2, 0.25) is 0 Å². The third kappa shape index (κ3) is 4.50. The number of urea groups is 1. The second-order valence-electron chi connectivity index (χ2n) is 7.10. The van der Waals surface area contributed by atoms with Gasteiger partial charge in [0.2, 0.25) is 0 Å². The number of hydrogen-bond donors (Lipinski definition) is 2. The highest BCUT2D eigenvalue weighted by Gasteiger charge is 2.28. The molecule has 0 radical (unpaired) electrons. The van der Waals surface area contributed by atoms with Crippen molar-refractivity contribution >= 4 is 6.03 Å². The molecule has 0 bridgehead atoms. The number of nitrogens with zero attached hydrogens (tertiary/aromatic N) is 2. The van der Waals surface area contributed by atoms with E-state index >= 15 is 0 Å². The van der Waals surface area contributed by atoms with Crippen molar-refractivity contribution in [3.05, 3.63) is 17.0 Å². The number of nitrogens with one attached hydrogen (secondary N) is 2. The van der Waals surface area contributed by atoms with E-state index in [4.69, 9.17) is 4.74 Å². The van der Waals surface area contributed by atoms with E-state index in [-0.39, 0.29) is 12.1 Å². The zero-order valence-corrected chi connectivity index (χ0v) is 15.7. The molecule has 0 saturated heterocycles. The van der Waals surface area contributed by atoms with Gasteiger partial charge in [0.05, 0.1) is 18.8 Å².